The van der Waals surface area contributed by atoms with Crippen molar-refractivity contribution in [1.29, 1.82) is 0 Å². The van der Waals surface area contributed by atoms with E-state index in [0.717, 1.165) is 42.2 Å². The highest BCUT2D eigenvalue weighted by Gasteiger charge is 2.31. The molecule has 1 amide bonds. The Morgan fingerprint density at radius 2 is 1.96 bits per heavy atom. The number of halogens is 1. The zero-order valence-electron chi connectivity index (χ0n) is 14.1. The molecule has 2 fully saturated rings. The Balaban J connectivity index is 0.00000182. The van der Waals surface area contributed by atoms with Gasteiger partial charge in [0.15, 0.2) is 5.82 Å². The van der Waals surface area contributed by atoms with E-state index in [-0.39, 0.29) is 24.2 Å². The fourth-order valence-electron chi connectivity index (χ4n) is 3.35. The van der Waals surface area contributed by atoms with Gasteiger partial charge in [-0.1, -0.05) is 12.1 Å². The minimum atomic E-state index is 0. The molecule has 2 aromatic rings. The maximum absolute atomic E-state index is 12.7. The summed E-state index contributed by atoms with van der Waals surface area (Å²) in [6.07, 6.45) is 4.45. The number of nitrogens with two attached hydrogens (primary N) is 1. The molecule has 7 heteroatoms. The molecule has 1 saturated heterocycles. The second-order valence-electron chi connectivity index (χ2n) is 6.84. The van der Waals surface area contributed by atoms with Crippen LogP contribution < -0.4 is 5.73 Å². The van der Waals surface area contributed by atoms with Gasteiger partial charge in [-0.15, -0.1) is 12.4 Å². The van der Waals surface area contributed by atoms with Crippen LogP contribution in [0, 0.1) is 0 Å². The summed E-state index contributed by atoms with van der Waals surface area (Å²) in [5.41, 5.74) is 7.38. The number of benzene rings is 1. The van der Waals surface area contributed by atoms with Gasteiger partial charge in [0.25, 0.3) is 5.91 Å². The van der Waals surface area contributed by atoms with Crippen LogP contribution in [0.1, 0.15) is 65.1 Å². The lowest BCUT2D eigenvalue weighted by atomic mass is 9.96. The van der Waals surface area contributed by atoms with Gasteiger partial charge < -0.3 is 10.6 Å². The van der Waals surface area contributed by atoms with Gasteiger partial charge in [0.2, 0.25) is 0 Å². The lowest BCUT2D eigenvalue weighted by Gasteiger charge is -2.31. The number of piperidine rings is 1. The number of hydrogen-bond acceptors (Lipinski definition) is 4. The number of rotatable bonds is 4. The molecule has 1 aliphatic carbocycles. The molecular weight excluding hydrogens is 338 g/mol. The van der Waals surface area contributed by atoms with E-state index in [1.807, 2.05) is 29.2 Å². The first-order chi connectivity index (χ1) is 11.7. The number of H-pyrrole nitrogens is 1. The van der Waals surface area contributed by atoms with Gasteiger partial charge in [-0.2, -0.15) is 5.10 Å². The van der Waals surface area contributed by atoms with Gasteiger partial charge in [0.05, 0.1) is 0 Å². The number of hydrogen-bond donors (Lipinski definition) is 2. The summed E-state index contributed by atoms with van der Waals surface area (Å²) in [5.74, 6) is 2.78. The van der Waals surface area contributed by atoms with Crippen LogP contribution in [0.15, 0.2) is 24.3 Å². The Morgan fingerprint density at radius 1 is 1.20 bits per heavy atom. The minimum Gasteiger partial charge on any atom is -0.338 e. The zero-order chi connectivity index (χ0) is 16.5. The lowest BCUT2D eigenvalue weighted by molar-refractivity contribution is 0.0704. The molecule has 2 aliphatic rings. The van der Waals surface area contributed by atoms with E-state index in [0.29, 0.717) is 19.0 Å². The zero-order valence-corrected chi connectivity index (χ0v) is 15.0. The van der Waals surface area contributed by atoms with Crippen LogP contribution in [0.25, 0.3) is 0 Å². The smallest absolute Gasteiger partial charge is 0.253 e. The van der Waals surface area contributed by atoms with E-state index in [1.165, 1.54) is 12.8 Å². The average Bonchev–Trinajstić information content (AvgIpc) is 3.38. The summed E-state index contributed by atoms with van der Waals surface area (Å²) < 4.78 is 0. The molecule has 3 N–H and O–H groups in total. The average molecular weight is 362 g/mol. The van der Waals surface area contributed by atoms with E-state index in [2.05, 4.69) is 15.2 Å². The number of nitrogens with zero attached hydrogens (tertiary/aromatic N) is 3. The molecule has 1 aliphatic heterocycles. The standard InChI is InChI=1S/C18H23N5O.ClH/c19-10-12-3-5-14(6-4-12)18(24)23-9-1-2-15(11-23)17-20-16(21-22-17)13-7-8-13;/h3-6,13,15H,1-2,7-11,19H2,(H,20,21,22);1H. The predicted octanol–water partition coefficient (Wildman–Crippen LogP) is 2.58. The van der Waals surface area contributed by atoms with Gasteiger partial charge in [0, 0.05) is 37.0 Å². The second kappa shape index (κ2) is 7.54. The summed E-state index contributed by atoms with van der Waals surface area (Å²) in [6.45, 7) is 1.99. The van der Waals surface area contributed by atoms with Gasteiger partial charge in [-0.05, 0) is 43.4 Å². The molecule has 1 unspecified atom stereocenters. The van der Waals surface area contributed by atoms with Gasteiger partial charge in [-0.3, -0.25) is 9.89 Å². The van der Waals surface area contributed by atoms with Crippen molar-refractivity contribution in [3.63, 3.8) is 0 Å². The Bertz CT molecular complexity index is 725. The van der Waals surface area contributed by atoms with Crippen molar-refractivity contribution < 1.29 is 4.79 Å². The van der Waals surface area contributed by atoms with E-state index in [9.17, 15) is 4.79 Å². The number of carbonyl (C=O) groups is 1. The van der Waals surface area contributed by atoms with Gasteiger partial charge >= 0.3 is 0 Å². The predicted molar refractivity (Wildman–Crippen MR) is 97.8 cm³/mol. The number of likely N-dealkylation sites (tertiary alicyclic amines) is 1. The van der Waals surface area contributed by atoms with Gasteiger partial charge in [-0.25, -0.2) is 4.98 Å². The third kappa shape index (κ3) is 3.85. The number of aromatic amines is 1. The summed E-state index contributed by atoms with van der Waals surface area (Å²) >= 11 is 0. The van der Waals surface area contributed by atoms with Crippen molar-refractivity contribution >= 4 is 18.3 Å². The molecule has 0 bridgehead atoms. The molecule has 1 aromatic heterocycles. The van der Waals surface area contributed by atoms with Crippen molar-refractivity contribution in [1.82, 2.24) is 20.1 Å². The first kappa shape index (κ1) is 17.9. The van der Waals surface area contributed by atoms with Crippen molar-refractivity contribution in [3.05, 3.63) is 47.0 Å². The Kier molecular flexibility index (Phi) is 5.39. The van der Waals surface area contributed by atoms with E-state index in [1.54, 1.807) is 0 Å². The summed E-state index contributed by atoms with van der Waals surface area (Å²) in [4.78, 5) is 19.3. The van der Waals surface area contributed by atoms with Crippen LogP contribution in [-0.4, -0.2) is 39.1 Å². The summed E-state index contributed by atoms with van der Waals surface area (Å²) in [6, 6.07) is 7.58. The Labute approximate surface area is 153 Å². The third-order valence-electron chi connectivity index (χ3n) is 4.99. The lowest BCUT2D eigenvalue weighted by Crippen LogP contribution is -2.39. The largest absolute Gasteiger partial charge is 0.338 e. The Morgan fingerprint density at radius 3 is 2.64 bits per heavy atom. The molecule has 1 atom stereocenters. The van der Waals surface area contributed by atoms with E-state index in [4.69, 9.17) is 5.73 Å². The molecule has 0 radical (unpaired) electrons. The molecule has 2 heterocycles. The SMILES string of the molecule is Cl.NCc1ccc(C(=O)N2CCCC(c3n[nH]c(C4CC4)n3)C2)cc1. The highest BCUT2D eigenvalue weighted by molar-refractivity contribution is 5.94. The van der Waals surface area contributed by atoms with Crippen LogP contribution in [-0.2, 0) is 6.54 Å². The summed E-state index contributed by atoms with van der Waals surface area (Å²) in [5, 5.41) is 7.48. The van der Waals surface area contributed by atoms with Crippen LogP contribution in [0.3, 0.4) is 0 Å². The van der Waals surface area contributed by atoms with Crippen LogP contribution in [0.4, 0.5) is 0 Å². The normalized spacial score (nSPS) is 20.2. The minimum absolute atomic E-state index is 0. The number of nitrogens with one attached hydrogen (secondary N) is 1. The monoisotopic (exact) mass is 361 g/mol. The highest BCUT2D eigenvalue weighted by atomic mass is 35.5. The molecule has 134 valence electrons. The molecular formula is C18H24ClN5O. The van der Waals surface area contributed by atoms with Crippen molar-refractivity contribution in [2.24, 2.45) is 5.73 Å². The van der Waals surface area contributed by atoms with Crippen molar-refractivity contribution in [3.8, 4) is 0 Å². The topological polar surface area (TPSA) is 87.9 Å². The molecule has 4 rings (SSSR count). The van der Waals surface area contributed by atoms with E-state index >= 15 is 0 Å². The van der Waals surface area contributed by atoms with Crippen LogP contribution in [0.5, 0.6) is 0 Å². The van der Waals surface area contributed by atoms with Gasteiger partial charge in [0.1, 0.15) is 5.82 Å². The first-order valence-corrected chi connectivity index (χ1v) is 8.75. The second-order valence-corrected chi connectivity index (χ2v) is 6.84. The fourth-order valence-corrected chi connectivity index (χ4v) is 3.35. The van der Waals surface area contributed by atoms with Crippen molar-refractivity contribution in [2.45, 2.75) is 44.1 Å². The first-order valence-electron chi connectivity index (χ1n) is 8.75. The number of aromatic nitrogens is 3. The molecule has 1 saturated carbocycles. The third-order valence-corrected chi connectivity index (χ3v) is 4.99. The molecule has 0 spiro atoms. The van der Waals surface area contributed by atoms with Crippen molar-refractivity contribution in [2.75, 3.05) is 13.1 Å². The molecule has 6 nitrogen and oxygen atoms in total. The Hall–Kier alpha value is -1.92. The molecule has 25 heavy (non-hydrogen) atoms. The fraction of sp³-hybridized carbons (Fsp3) is 0.500. The maximum Gasteiger partial charge on any atom is 0.253 e. The van der Waals surface area contributed by atoms with Crippen LogP contribution in [0.2, 0.25) is 0 Å². The highest BCUT2D eigenvalue weighted by Crippen LogP contribution is 2.38. The van der Waals surface area contributed by atoms with Crippen LogP contribution >= 0.6 is 12.4 Å². The number of carbonyl (C=O) groups excluding carboxylic acids is 1. The number of amides is 1. The van der Waals surface area contributed by atoms with E-state index < -0.39 is 0 Å². The summed E-state index contributed by atoms with van der Waals surface area (Å²) in [7, 11) is 0. The quantitative estimate of drug-likeness (QED) is 0.876. The maximum atomic E-state index is 12.7. The molecule has 1 aromatic carbocycles.